The standard InChI is InChI=1S/C33H45O16P/c1-7-28(34)41-19-13-25(14-20-42-29(35)8-2)47-50(40,48-26(15-21-43-30(36)9-3)16-22-44-31(37)10-4)49-27(17-23-45-32(38)11-5)18-24-46-33(39)12-6/h7-12,25-27H,1-6,13-24H2. The van der Waals surface area contributed by atoms with E-state index >= 15 is 0 Å². The van der Waals surface area contributed by atoms with Gasteiger partial charge in [0.1, 0.15) is 0 Å². The van der Waals surface area contributed by atoms with Crippen LogP contribution in [0.25, 0.3) is 0 Å². The first-order valence-corrected chi connectivity index (χ1v) is 16.7. The molecule has 0 saturated carbocycles. The number of ether oxygens (including phenoxy) is 6. The van der Waals surface area contributed by atoms with E-state index in [1.54, 1.807) is 0 Å². The van der Waals surface area contributed by atoms with Gasteiger partial charge in [-0.25, -0.2) is 33.3 Å². The number of esters is 6. The van der Waals surface area contributed by atoms with Crippen LogP contribution in [0.3, 0.4) is 0 Å². The first kappa shape index (κ1) is 45.4. The minimum absolute atomic E-state index is 0.0982. The Balaban J connectivity index is 6.55. The van der Waals surface area contributed by atoms with Gasteiger partial charge in [-0.3, -0.25) is 13.6 Å². The maximum Gasteiger partial charge on any atom is 0.475 e. The quantitative estimate of drug-likeness (QED) is 0.0444. The zero-order chi connectivity index (χ0) is 37.8. The zero-order valence-corrected chi connectivity index (χ0v) is 28.8. The summed E-state index contributed by atoms with van der Waals surface area (Å²) in [7, 11) is -4.78. The van der Waals surface area contributed by atoms with E-state index in [1.165, 1.54) is 0 Å². The summed E-state index contributed by atoms with van der Waals surface area (Å²) in [5.41, 5.74) is 0. The first-order valence-electron chi connectivity index (χ1n) is 15.2. The second kappa shape index (κ2) is 27.2. The van der Waals surface area contributed by atoms with E-state index in [4.69, 9.17) is 42.0 Å². The van der Waals surface area contributed by atoms with Crippen LogP contribution < -0.4 is 0 Å². The predicted molar refractivity (Wildman–Crippen MR) is 177 cm³/mol. The Labute approximate surface area is 291 Å². The van der Waals surface area contributed by atoms with Crippen LogP contribution in [0.4, 0.5) is 0 Å². The SMILES string of the molecule is C=CC(=O)OCCC(CCOC(=O)C=C)OP(=O)(OC(CCOC(=O)C=C)CCOC(=O)C=C)OC(CCOC(=O)C=C)CCOC(=O)C=C. The molecule has 0 radical (unpaired) electrons. The van der Waals surface area contributed by atoms with E-state index in [2.05, 4.69) is 39.5 Å². The van der Waals surface area contributed by atoms with Crippen molar-refractivity contribution in [3.8, 4) is 0 Å². The van der Waals surface area contributed by atoms with Crippen molar-refractivity contribution >= 4 is 43.6 Å². The summed E-state index contributed by atoms with van der Waals surface area (Å²) in [6, 6.07) is 0. The van der Waals surface area contributed by atoms with Gasteiger partial charge in [0.2, 0.25) is 0 Å². The minimum atomic E-state index is -4.78. The normalized spacial score (nSPS) is 10.8. The highest BCUT2D eigenvalue weighted by Gasteiger charge is 2.37. The Hall–Kier alpha value is -4.63. The summed E-state index contributed by atoms with van der Waals surface area (Å²) in [4.78, 5) is 70.0. The van der Waals surface area contributed by atoms with Crippen LogP contribution in [-0.4, -0.2) is 93.8 Å². The Morgan fingerprint density at radius 2 is 0.540 bits per heavy atom. The third-order valence-corrected chi connectivity index (χ3v) is 7.61. The van der Waals surface area contributed by atoms with Crippen molar-refractivity contribution in [1.82, 2.24) is 0 Å². The highest BCUT2D eigenvalue weighted by molar-refractivity contribution is 7.48. The molecule has 0 aliphatic carbocycles. The lowest BCUT2D eigenvalue weighted by atomic mass is 10.2. The Kier molecular flexibility index (Phi) is 24.7. The van der Waals surface area contributed by atoms with E-state index in [1.807, 2.05) is 0 Å². The highest BCUT2D eigenvalue weighted by atomic mass is 31.2. The molecule has 0 amide bonds. The third kappa shape index (κ3) is 22.9. The molecular formula is C33H45O16P. The summed E-state index contributed by atoms with van der Waals surface area (Å²) < 4.78 is 62.5. The predicted octanol–water partition coefficient (Wildman–Crippen LogP) is 3.97. The number of carbonyl (C=O) groups excluding carboxylic acids is 6. The van der Waals surface area contributed by atoms with Crippen molar-refractivity contribution in [3.63, 3.8) is 0 Å². The van der Waals surface area contributed by atoms with Crippen LogP contribution in [0.2, 0.25) is 0 Å². The second-order valence-electron chi connectivity index (χ2n) is 9.59. The van der Waals surface area contributed by atoms with E-state index in [0.717, 1.165) is 36.5 Å². The Morgan fingerprint density at radius 1 is 0.380 bits per heavy atom. The molecule has 0 atom stereocenters. The molecule has 0 spiro atoms. The van der Waals surface area contributed by atoms with Crippen LogP contribution in [-0.2, 0) is 75.3 Å². The monoisotopic (exact) mass is 728 g/mol. The fourth-order valence-corrected chi connectivity index (χ4v) is 5.35. The molecular weight excluding hydrogens is 683 g/mol. The largest absolute Gasteiger partial charge is 0.475 e. The van der Waals surface area contributed by atoms with E-state index < -0.39 is 62.0 Å². The lowest BCUT2D eigenvalue weighted by molar-refractivity contribution is -0.140. The number of rotatable bonds is 30. The fourth-order valence-electron chi connectivity index (χ4n) is 3.47. The van der Waals surface area contributed by atoms with Gasteiger partial charge in [-0.2, -0.15) is 0 Å². The van der Waals surface area contributed by atoms with E-state index in [-0.39, 0.29) is 78.2 Å². The van der Waals surface area contributed by atoms with E-state index in [9.17, 15) is 33.3 Å². The van der Waals surface area contributed by atoms with Crippen molar-refractivity contribution in [2.45, 2.75) is 56.8 Å². The third-order valence-electron chi connectivity index (χ3n) is 5.94. The first-order chi connectivity index (χ1) is 23.8. The molecule has 0 saturated heterocycles. The van der Waals surface area contributed by atoms with Crippen LogP contribution in [0, 0.1) is 0 Å². The summed E-state index contributed by atoms with van der Waals surface area (Å²) in [6.07, 6.45) is 1.71. The summed E-state index contributed by atoms with van der Waals surface area (Å²) >= 11 is 0. The fraction of sp³-hybridized carbons (Fsp3) is 0.455. The molecule has 0 heterocycles. The number of phosphoric ester groups is 1. The molecule has 0 aliphatic rings. The average molecular weight is 729 g/mol. The molecule has 0 aromatic heterocycles. The molecule has 0 unspecified atom stereocenters. The second-order valence-corrected chi connectivity index (χ2v) is 11.1. The maximum absolute atomic E-state index is 14.6. The molecule has 0 bridgehead atoms. The van der Waals surface area contributed by atoms with Crippen molar-refractivity contribution in [1.29, 1.82) is 0 Å². The lowest BCUT2D eigenvalue weighted by Crippen LogP contribution is -2.26. The lowest BCUT2D eigenvalue weighted by Gasteiger charge is -2.30. The molecule has 0 rings (SSSR count). The minimum Gasteiger partial charge on any atom is -0.462 e. The van der Waals surface area contributed by atoms with Gasteiger partial charge in [-0.15, -0.1) is 0 Å². The Morgan fingerprint density at radius 3 is 0.680 bits per heavy atom. The van der Waals surface area contributed by atoms with Gasteiger partial charge in [0, 0.05) is 75.0 Å². The van der Waals surface area contributed by atoms with Crippen molar-refractivity contribution < 1.29 is 75.3 Å². The van der Waals surface area contributed by atoms with Crippen LogP contribution in [0.5, 0.6) is 0 Å². The molecule has 278 valence electrons. The van der Waals surface area contributed by atoms with Gasteiger partial charge < -0.3 is 28.4 Å². The topological polar surface area (TPSA) is 203 Å². The highest BCUT2D eigenvalue weighted by Crippen LogP contribution is 2.54. The number of hydrogen-bond acceptors (Lipinski definition) is 16. The zero-order valence-electron chi connectivity index (χ0n) is 27.9. The summed E-state index contributed by atoms with van der Waals surface area (Å²) in [6.45, 7) is 18.4. The van der Waals surface area contributed by atoms with Crippen molar-refractivity contribution in [3.05, 3.63) is 75.9 Å². The van der Waals surface area contributed by atoms with Gasteiger partial charge in [-0.1, -0.05) is 39.5 Å². The van der Waals surface area contributed by atoms with Gasteiger partial charge in [0.25, 0.3) is 0 Å². The maximum atomic E-state index is 14.6. The summed E-state index contributed by atoms with van der Waals surface area (Å²) in [5.74, 6) is -4.48. The van der Waals surface area contributed by atoms with Gasteiger partial charge >= 0.3 is 43.6 Å². The molecule has 50 heavy (non-hydrogen) atoms. The van der Waals surface area contributed by atoms with Crippen molar-refractivity contribution in [2.75, 3.05) is 39.6 Å². The van der Waals surface area contributed by atoms with Crippen LogP contribution >= 0.6 is 7.82 Å². The van der Waals surface area contributed by atoms with Gasteiger partial charge in [0.15, 0.2) is 0 Å². The molecule has 0 N–H and O–H groups in total. The van der Waals surface area contributed by atoms with Crippen LogP contribution in [0.1, 0.15) is 38.5 Å². The average Bonchev–Trinajstić information content (AvgIpc) is 3.10. The molecule has 0 aromatic rings. The molecule has 16 nitrogen and oxygen atoms in total. The summed E-state index contributed by atoms with van der Waals surface area (Å²) in [5, 5.41) is 0. The smallest absolute Gasteiger partial charge is 0.462 e. The number of phosphoric acid groups is 1. The van der Waals surface area contributed by atoms with Crippen LogP contribution in [0.15, 0.2) is 75.9 Å². The number of hydrogen-bond donors (Lipinski definition) is 0. The molecule has 0 fully saturated rings. The van der Waals surface area contributed by atoms with Gasteiger partial charge in [0.05, 0.1) is 58.0 Å². The van der Waals surface area contributed by atoms with Gasteiger partial charge in [-0.05, 0) is 0 Å². The molecule has 0 aliphatic heterocycles. The van der Waals surface area contributed by atoms with E-state index in [0.29, 0.717) is 0 Å². The molecule has 17 heteroatoms. The number of carbonyl (C=O) groups is 6. The Bertz CT molecular complexity index is 1020. The molecule has 0 aromatic carbocycles. The van der Waals surface area contributed by atoms with Crippen molar-refractivity contribution in [2.24, 2.45) is 0 Å².